The third-order valence-corrected chi connectivity index (χ3v) is 8.50. The summed E-state index contributed by atoms with van der Waals surface area (Å²) >= 11 is 0. The lowest BCUT2D eigenvalue weighted by Crippen LogP contribution is -2.63. The molecule has 3 amide bonds. The number of benzene rings is 1. The molecule has 0 bridgehead atoms. The van der Waals surface area contributed by atoms with E-state index < -0.39 is 53.5 Å². The Bertz CT molecular complexity index is 1220. The average Bonchev–Trinajstić information content (AvgIpc) is 3.02. The summed E-state index contributed by atoms with van der Waals surface area (Å²) in [6.45, 7) is 11.9. The molecule has 2 fully saturated rings. The van der Waals surface area contributed by atoms with Crippen LogP contribution in [0.1, 0.15) is 92.1 Å². The topological polar surface area (TPSA) is 118 Å². The first kappa shape index (κ1) is 39.3. The van der Waals surface area contributed by atoms with Gasteiger partial charge in [-0.2, -0.15) is 0 Å². The molecular formula is C36H55F2N3O7. The molecule has 270 valence electrons. The molecule has 48 heavy (non-hydrogen) atoms. The summed E-state index contributed by atoms with van der Waals surface area (Å²) in [7, 11) is 0. The Morgan fingerprint density at radius 1 is 1.08 bits per heavy atom. The van der Waals surface area contributed by atoms with Crippen molar-refractivity contribution in [1.82, 2.24) is 15.1 Å². The van der Waals surface area contributed by atoms with Crippen LogP contribution in [0.15, 0.2) is 29.8 Å². The van der Waals surface area contributed by atoms with Gasteiger partial charge in [0.05, 0.1) is 50.2 Å². The number of amides is 3. The van der Waals surface area contributed by atoms with E-state index in [0.717, 1.165) is 56.7 Å². The molecule has 0 spiro atoms. The molecule has 1 saturated heterocycles. The Hall–Kier alpha value is -3.09. The van der Waals surface area contributed by atoms with Crippen LogP contribution < -0.4 is 5.32 Å². The molecule has 1 aromatic carbocycles. The summed E-state index contributed by atoms with van der Waals surface area (Å²) in [6, 6.07) is 0.865. The Morgan fingerprint density at radius 2 is 1.71 bits per heavy atom. The van der Waals surface area contributed by atoms with Gasteiger partial charge in [0.2, 0.25) is 11.8 Å². The highest BCUT2D eigenvalue weighted by molar-refractivity contribution is 6.00. The van der Waals surface area contributed by atoms with Crippen molar-refractivity contribution < 1.29 is 42.5 Å². The maximum Gasteiger partial charge on any atom is 0.410 e. The van der Waals surface area contributed by atoms with E-state index in [1.54, 1.807) is 25.7 Å². The molecule has 1 saturated carbocycles. The highest BCUT2D eigenvalue weighted by atomic mass is 19.1. The fourth-order valence-electron chi connectivity index (χ4n) is 6.13. The van der Waals surface area contributed by atoms with E-state index in [4.69, 9.17) is 14.2 Å². The van der Waals surface area contributed by atoms with Crippen molar-refractivity contribution in [1.29, 1.82) is 0 Å². The molecule has 1 heterocycles. The Morgan fingerprint density at radius 3 is 2.29 bits per heavy atom. The second kappa shape index (κ2) is 18.6. The summed E-state index contributed by atoms with van der Waals surface area (Å²) in [5, 5.41) is 14.6. The SMILES string of the molecule is CCCN(CCC)C(=O)/C=C(\C)C(=O)N[C@@H](Cc1cc(F)cc(F)c1)[C@H](O)[C@H]1CO[C@@H](COC2CCCCC2)CN1C(=O)OC(C)(C)C. The van der Waals surface area contributed by atoms with Crippen molar-refractivity contribution in [3.05, 3.63) is 47.0 Å². The molecule has 2 N–H and O–H groups in total. The molecule has 0 radical (unpaired) electrons. The minimum Gasteiger partial charge on any atom is -0.444 e. The predicted molar refractivity (Wildman–Crippen MR) is 178 cm³/mol. The number of carbonyl (C=O) groups is 3. The highest BCUT2D eigenvalue weighted by Crippen LogP contribution is 2.25. The summed E-state index contributed by atoms with van der Waals surface area (Å²) in [4.78, 5) is 43.0. The van der Waals surface area contributed by atoms with Crippen LogP contribution in [0.2, 0.25) is 0 Å². The van der Waals surface area contributed by atoms with Gasteiger partial charge in [-0.1, -0.05) is 33.1 Å². The Balaban J connectivity index is 1.87. The van der Waals surface area contributed by atoms with Gasteiger partial charge < -0.3 is 29.5 Å². The van der Waals surface area contributed by atoms with Gasteiger partial charge in [0.1, 0.15) is 17.2 Å². The van der Waals surface area contributed by atoms with Crippen LogP contribution in [0.5, 0.6) is 0 Å². The molecule has 10 nitrogen and oxygen atoms in total. The average molecular weight is 680 g/mol. The minimum absolute atomic E-state index is 0.0662. The molecule has 1 aliphatic carbocycles. The van der Waals surface area contributed by atoms with Gasteiger partial charge >= 0.3 is 6.09 Å². The smallest absolute Gasteiger partial charge is 0.410 e. The number of nitrogens with zero attached hydrogens (tertiary/aromatic N) is 2. The van der Waals surface area contributed by atoms with Crippen LogP contribution >= 0.6 is 0 Å². The van der Waals surface area contributed by atoms with E-state index in [0.29, 0.717) is 13.1 Å². The van der Waals surface area contributed by atoms with E-state index in [2.05, 4.69) is 5.32 Å². The second-order valence-electron chi connectivity index (χ2n) is 14.0. The molecule has 12 heteroatoms. The van der Waals surface area contributed by atoms with Crippen LogP contribution in [-0.2, 0) is 30.2 Å². The van der Waals surface area contributed by atoms with E-state index in [1.165, 1.54) is 24.3 Å². The lowest BCUT2D eigenvalue weighted by molar-refractivity contribution is -0.134. The summed E-state index contributed by atoms with van der Waals surface area (Å²) in [6.07, 6.45) is 5.47. The maximum atomic E-state index is 14.2. The number of aliphatic hydroxyl groups is 1. The van der Waals surface area contributed by atoms with Crippen molar-refractivity contribution in [2.24, 2.45) is 0 Å². The number of morpholine rings is 1. The van der Waals surface area contributed by atoms with Gasteiger partial charge in [-0.25, -0.2) is 13.6 Å². The van der Waals surface area contributed by atoms with Gasteiger partial charge in [-0.05, 0) is 77.5 Å². The molecule has 1 aliphatic heterocycles. The van der Waals surface area contributed by atoms with Crippen LogP contribution in [0.25, 0.3) is 0 Å². The highest BCUT2D eigenvalue weighted by Gasteiger charge is 2.42. The number of rotatable bonds is 14. The molecule has 4 atom stereocenters. The van der Waals surface area contributed by atoms with Gasteiger partial charge in [0.15, 0.2) is 0 Å². The number of carbonyl (C=O) groups excluding carboxylic acids is 3. The van der Waals surface area contributed by atoms with Crippen LogP contribution in [0.3, 0.4) is 0 Å². The van der Waals surface area contributed by atoms with Crippen molar-refractivity contribution >= 4 is 17.9 Å². The van der Waals surface area contributed by atoms with Crippen molar-refractivity contribution in [2.75, 3.05) is 32.8 Å². The van der Waals surface area contributed by atoms with Gasteiger partial charge in [0, 0.05) is 30.8 Å². The van der Waals surface area contributed by atoms with Gasteiger partial charge in [0.25, 0.3) is 0 Å². The first-order valence-electron chi connectivity index (χ1n) is 17.3. The fraction of sp³-hybridized carbons (Fsp3) is 0.694. The summed E-state index contributed by atoms with van der Waals surface area (Å²) in [5.74, 6) is -2.57. The van der Waals surface area contributed by atoms with E-state index in [1.807, 2.05) is 13.8 Å². The fourth-order valence-corrected chi connectivity index (χ4v) is 6.13. The molecular weight excluding hydrogens is 624 g/mol. The summed E-state index contributed by atoms with van der Waals surface area (Å²) < 4.78 is 46.3. The van der Waals surface area contributed by atoms with Crippen LogP contribution in [0, 0.1) is 11.6 Å². The minimum atomic E-state index is -1.45. The zero-order chi connectivity index (χ0) is 35.4. The first-order chi connectivity index (χ1) is 22.7. The largest absolute Gasteiger partial charge is 0.444 e. The van der Waals surface area contributed by atoms with Gasteiger partial charge in [-0.15, -0.1) is 0 Å². The zero-order valence-corrected chi connectivity index (χ0v) is 29.4. The third-order valence-electron chi connectivity index (χ3n) is 8.50. The third kappa shape index (κ3) is 12.4. The monoisotopic (exact) mass is 679 g/mol. The molecule has 0 aromatic heterocycles. The maximum absolute atomic E-state index is 14.2. The standard InChI is InChI=1S/C36H55F2N3O7/c1-7-14-40(15-8-2)32(42)16-24(3)34(44)39-30(19-25-17-26(37)20-27(38)18-25)33(43)31-23-47-29(22-46-28-12-10-9-11-13-28)21-41(31)35(45)48-36(4,5)6/h16-18,20,28-31,33,43H,7-15,19,21-23H2,1-6H3,(H,39,44)/b24-16+/t29-,30+,31-,33+/m1/s1. The summed E-state index contributed by atoms with van der Waals surface area (Å²) in [5.41, 5.74) is -0.543. The first-order valence-corrected chi connectivity index (χ1v) is 17.3. The van der Waals surface area contributed by atoms with Crippen molar-refractivity contribution in [3.8, 4) is 0 Å². The number of ether oxygens (including phenoxy) is 3. The van der Waals surface area contributed by atoms with Gasteiger partial charge in [-0.3, -0.25) is 14.5 Å². The van der Waals surface area contributed by atoms with Crippen LogP contribution in [0.4, 0.5) is 13.6 Å². The van der Waals surface area contributed by atoms with Crippen molar-refractivity contribution in [3.63, 3.8) is 0 Å². The van der Waals surface area contributed by atoms with E-state index >= 15 is 0 Å². The Labute approximate surface area is 284 Å². The molecule has 2 aliphatic rings. The number of hydrogen-bond donors (Lipinski definition) is 2. The second-order valence-corrected chi connectivity index (χ2v) is 14.0. The van der Waals surface area contributed by atoms with E-state index in [9.17, 15) is 28.3 Å². The zero-order valence-electron chi connectivity index (χ0n) is 29.4. The Kier molecular flexibility index (Phi) is 15.3. The predicted octanol–water partition coefficient (Wildman–Crippen LogP) is 5.30. The lowest BCUT2D eigenvalue weighted by Gasteiger charge is -2.44. The number of hydrogen-bond acceptors (Lipinski definition) is 7. The van der Waals surface area contributed by atoms with Crippen molar-refractivity contribution in [2.45, 2.75) is 129 Å². The number of aliphatic hydroxyl groups excluding tert-OH is 1. The number of halogens is 2. The normalized spacial score (nSPS) is 20.6. The van der Waals surface area contributed by atoms with Crippen LogP contribution in [-0.4, -0.2) is 102 Å². The lowest BCUT2D eigenvalue weighted by atomic mass is 9.94. The quantitative estimate of drug-likeness (QED) is 0.256. The molecule has 1 aromatic rings. The molecule has 3 rings (SSSR count). The molecule has 0 unspecified atom stereocenters. The van der Waals surface area contributed by atoms with E-state index in [-0.39, 0.29) is 49.3 Å². The number of nitrogens with one attached hydrogen (secondary N) is 1.